The molecule has 2 rings (SSSR count). The lowest BCUT2D eigenvalue weighted by Crippen LogP contribution is -2.16. The summed E-state index contributed by atoms with van der Waals surface area (Å²) in [7, 11) is 0. The van der Waals surface area contributed by atoms with Crippen LogP contribution in [0, 0.1) is 12.7 Å². The quantitative estimate of drug-likeness (QED) is 0.659. The highest BCUT2D eigenvalue weighted by Crippen LogP contribution is 2.27. The van der Waals surface area contributed by atoms with Crippen LogP contribution >= 0.6 is 23.2 Å². The Morgan fingerprint density at radius 2 is 1.90 bits per heavy atom. The number of halogens is 3. The summed E-state index contributed by atoms with van der Waals surface area (Å²) in [6.07, 6.45) is 1.14. The van der Waals surface area contributed by atoms with Gasteiger partial charge in [-0.3, -0.25) is 4.79 Å². The van der Waals surface area contributed by atoms with Crippen molar-refractivity contribution in [2.75, 3.05) is 11.1 Å². The number of nitrogens with zero attached hydrogens (tertiary/aromatic N) is 2. The first kappa shape index (κ1) is 14.5. The average molecular weight is 315 g/mol. The molecule has 1 aromatic carbocycles. The van der Waals surface area contributed by atoms with E-state index in [4.69, 9.17) is 28.9 Å². The molecule has 3 N–H and O–H groups in total. The van der Waals surface area contributed by atoms with Gasteiger partial charge in [0.2, 0.25) is 0 Å². The lowest BCUT2D eigenvalue weighted by Gasteiger charge is -2.10. The summed E-state index contributed by atoms with van der Waals surface area (Å²) >= 11 is 11.6. The molecule has 0 bridgehead atoms. The largest absolute Gasteiger partial charge is 0.399 e. The number of benzene rings is 1. The number of anilines is 2. The van der Waals surface area contributed by atoms with E-state index in [0.717, 1.165) is 6.33 Å². The first-order chi connectivity index (χ1) is 9.40. The van der Waals surface area contributed by atoms with Crippen molar-refractivity contribution >= 4 is 40.5 Å². The monoisotopic (exact) mass is 314 g/mol. The van der Waals surface area contributed by atoms with Crippen LogP contribution < -0.4 is 11.1 Å². The van der Waals surface area contributed by atoms with E-state index in [1.165, 1.54) is 19.1 Å². The number of rotatable bonds is 2. The number of hydrogen-bond donors (Lipinski definition) is 2. The molecule has 0 saturated carbocycles. The highest BCUT2D eigenvalue weighted by atomic mass is 35.5. The van der Waals surface area contributed by atoms with Crippen molar-refractivity contribution in [2.24, 2.45) is 0 Å². The standard InChI is InChI=1S/C12H9Cl2FN4O/c1-5-2-6(16)3-7(8(5)15)12(20)19-9-10(13)17-4-18-11(9)14/h2-4H,16H2,1H3,(H,19,20). The van der Waals surface area contributed by atoms with Gasteiger partial charge in [-0.05, 0) is 24.6 Å². The Labute approximate surface area is 123 Å². The summed E-state index contributed by atoms with van der Waals surface area (Å²) in [5.74, 6) is -1.41. The van der Waals surface area contributed by atoms with Crippen molar-refractivity contribution in [1.82, 2.24) is 9.97 Å². The van der Waals surface area contributed by atoms with Crippen LogP contribution in [0.15, 0.2) is 18.5 Å². The fourth-order valence-corrected chi connectivity index (χ4v) is 2.00. The number of amides is 1. The van der Waals surface area contributed by atoms with E-state index in [1.807, 2.05) is 0 Å². The maximum Gasteiger partial charge on any atom is 0.258 e. The zero-order valence-electron chi connectivity index (χ0n) is 10.2. The normalized spacial score (nSPS) is 10.4. The molecule has 0 unspecified atom stereocenters. The Bertz CT molecular complexity index is 673. The van der Waals surface area contributed by atoms with Gasteiger partial charge >= 0.3 is 0 Å². The van der Waals surface area contributed by atoms with Crippen LogP contribution in [-0.4, -0.2) is 15.9 Å². The molecule has 8 heteroatoms. The van der Waals surface area contributed by atoms with Crippen molar-refractivity contribution in [3.63, 3.8) is 0 Å². The van der Waals surface area contributed by atoms with Gasteiger partial charge in [-0.1, -0.05) is 23.2 Å². The predicted octanol–water partition coefficient (Wildman–Crippen LogP) is 3.07. The van der Waals surface area contributed by atoms with Crippen LogP contribution in [0.1, 0.15) is 15.9 Å². The molecule has 20 heavy (non-hydrogen) atoms. The minimum Gasteiger partial charge on any atom is -0.399 e. The van der Waals surface area contributed by atoms with Crippen LogP contribution in [0.5, 0.6) is 0 Å². The minimum atomic E-state index is -0.739. The average Bonchev–Trinajstić information content (AvgIpc) is 2.38. The van der Waals surface area contributed by atoms with Crippen molar-refractivity contribution in [2.45, 2.75) is 6.92 Å². The van der Waals surface area contributed by atoms with Crippen molar-refractivity contribution in [3.05, 3.63) is 45.7 Å². The molecular formula is C12H9Cl2FN4O. The Kier molecular flexibility index (Phi) is 4.06. The Hall–Kier alpha value is -1.92. The zero-order chi connectivity index (χ0) is 14.9. The van der Waals surface area contributed by atoms with Crippen LogP contribution in [0.4, 0.5) is 15.8 Å². The van der Waals surface area contributed by atoms with E-state index in [2.05, 4.69) is 15.3 Å². The van der Waals surface area contributed by atoms with Gasteiger partial charge in [0.1, 0.15) is 17.8 Å². The second kappa shape index (κ2) is 5.60. The molecule has 0 fully saturated rings. The molecule has 0 spiro atoms. The second-order valence-electron chi connectivity index (χ2n) is 3.98. The Morgan fingerprint density at radius 1 is 1.30 bits per heavy atom. The van der Waals surface area contributed by atoms with E-state index in [9.17, 15) is 9.18 Å². The van der Waals surface area contributed by atoms with Crippen molar-refractivity contribution in [3.8, 4) is 0 Å². The summed E-state index contributed by atoms with van der Waals surface area (Å²) < 4.78 is 13.9. The summed E-state index contributed by atoms with van der Waals surface area (Å²) in [5, 5.41) is 2.28. The number of hydrogen-bond acceptors (Lipinski definition) is 4. The molecular weight excluding hydrogens is 306 g/mol. The molecule has 0 aliphatic carbocycles. The highest BCUT2D eigenvalue weighted by Gasteiger charge is 2.18. The van der Waals surface area contributed by atoms with Gasteiger partial charge in [0.05, 0.1) is 5.56 Å². The minimum absolute atomic E-state index is 0.0142. The third-order valence-electron chi connectivity index (χ3n) is 2.51. The Balaban J connectivity index is 2.39. The molecule has 1 aromatic heterocycles. The van der Waals surface area contributed by atoms with Gasteiger partial charge < -0.3 is 11.1 Å². The van der Waals surface area contributed by atoms with Crippen LogP contribution in [0.2, 0.25) is 10.3 Å². The lowest BCUT2D eigenvalue weighted by atomic mass is 10.1. The molecule has 0 saturated heterocycles. The van der Waals surface area contributed by atoms with Gasteiger partial charge in [0.15, 0.2) is 10.3 Å². The van der Waals surface area contributed by atoms with E-state index in [-0.39, 0.29) is 32.8 Å². The van der Waals surface area contributed by atoms with Gasteiger partial charge in [-0.15, -0.1) is 0 Å². The molecule has 1 heterocycles. The first-order valence-corrected chi connectivity index (χ1v) is 6.18. The molecule has 0 aliphatic rings. The topological polar surface area (TPSA) is 80.9 Å². The van der Waals surface area contributed by atoms with Crippen LogP contribution in [-0.2, 0) is 0 Å². The zero-order valence-corrected chi connectivity index (χ0v) is 11.8. The lowest BCUT2D eigenvalue weighted by molar-refractivity contribution is 0.102. The summed E-state index contributed by atoms with van der Waals surface area (Å²) in [5.41, 5.74) is 5.93. The third kappa shape index (κ3) is 2.81. The van der Waals surface area contributed by atoms with Crippen LogP contribution in [0.25, 0.3) is 0 Å². The fraction of sp³-hybridized carbons (Fsp3) is 0.0833. The molecule has 0 aliphatic heterocycles. The van der Waals surface area contributed by atoms with Gasteiger partial charge in [0, 0.05) is 5.69 Å². The SMILES string of the molecule is Cc1cc(N)cc(C(=O)Nc2c(Cl)ncnc2Cl)c1F. The molecule has 5 nitrogen and oxygen atoms in total. The summed E-state index contributed by atoms with van der Waals surface area (Å²) in [6.45, 7) is 1.51. The predicted molar refractivity (Wildman–Crippen MR) is 75.6 cm³/mol. The highest BCUT2D eigenvalue weighted by molar-refractivity contribution is 6.38. The van der Waals surface area contributed by atoms with E-state index in [1.54, 1.807) is 0 Å². The number of nitrogens with one attached hydrogen (secondary N) is 1. The number of carbonyl (C=O) groups excluding carboxylic acids is 1. The number of nitrogen functional groups attached to an aromatic ring is 1. The fourth-order valence-electron chi connectivity index (χ4n) is 1.59. The van der Waals surface area contributed by atoms with E-state index in [0.29, 0.717) is 0 Å². The number of carbonyl (C=O) groups is 1. The number of nitrogens with two attached hydrogens (primary N) is 1. The maximum absolute atomic E-state index is 13.9. The maximum atomic E-state index is 13.9. The second-order valence-corrected chi connectivity index (χ2v) is 4.70. The first-order valence-electron chi connectivity index (χ1n) is 5.43. The molecule has 104 valence electrons. The number of aromatic nitrogens is 2. The summed E-state index contributed by atoms with van der Waals surface area (Å²) in [4.78, 5) is 19.4. The van der Waals surface area contributed by atoms with Gasteiger partial charge in [-0.25, -0.2) is 14.4 Å². The van der Waals surface area contributed by atoms with E-state index >= 15 is 0 Å². The number of aryl methyl sites for hydroxylation is 1. The van der Waals surface area contributed by atoms with Gasteiger partial charge in [0.25, 0.3) is 5.91 Å². The van der Waals surface area contributed by atoms with Crippen molar-refractivity contribution in [1.29, 1.82) is 0 Å². The van der Waals surface area contributed by atoms with Crippen LogP contribution in [0.3, 0.4) is 0 Å². The summed E-state index contributed by atoms with van der Waals surface area (Å²) in [6, 6.07) is 2.65. The molecule has 2 aromatic rings. The molecule has 0 atom stereocenters. The Morgan fingerprint density at radius 3 is 2.50 bits per heavy atom. The molecule has 1 amide bonds. The van der Waals surface area contributed by atoms with E-state index < -0.39 is 11.7 Å². The molecule has 0 radical (unpaired) electrons. The van der Waals surface area contributed by atoms with Crippen molar-refractivity contribution < 1.29 is 9.18 Å². The van der Waals surface area contributed by atoms with Gasteiger partial charge in [-0.2, -0.15) is 0 Å². The smallest absolute Gasteiger partial charge is 0.258 e. The third-order valence-corrected chi connectivity index (χ3v) is 3.09.